The molecule has 2 rings (SSSR count). The van der Waals surface area contributed by atoms with Gasteiger partial charge in [0.2, 0.25) is 0 Å². The van der Waals surface area contributed by atoms with E-state index in [9.17, 15) is 0 Å². The van der Waals surface area contributed by atoms with Gasteiger partial charge in [-0.1, -0.05) is 17.7 Å². The van der Waals surface area contributed by atoms with Crippen molar-refractivity contribution in [2.45, 2.75) is 20.4 Å². The molecule has 1 heterocycles. The second-order valence-corrected chi connectivity index (χ2v) is 6.02. The van der Waals surface area contributed by atoms with Crippen LogP contribution in [0.3, 0.4) is 0 Å². The van der Waals surface area contributed by atoms with Crippen molar-refractivity contribution in [1.82, 2.24) is 4.98 Å². The first-order valence-corrected chi connectivity index (χ1v) is 7.26. The molecular formula is C14H14Br2N2. The molecule has 18 heavy (non-hydrogen) atoms. The maximum Gasteiger partial charge on any atom is 0.0737 e. The monoisotopic (exact) mass is 368 g/mol. The molecular weight excluding hydrogens is 356 g/mol. The van der Waals surface area contributed by atoms with Crippen molar-refractivity contribution in [3.05, 3.63) is 56.2 Å². The number of aryl methyl sites for hydroxylation is 2. The number of halogens is 2. The Kier molecular flexibility index (Phi) is 4.40. The van der Waals surface area contributed by atoms with Gasteiger partial charge in [-0.25, -0.2) is 0 Å². The average Bonchev–Trinajstić information content (AvgIpc) is 2.30. The van der Waals surface area contributed by atoms with E-state index in [-0.39, 0.29) is 0 Å². The Balaban J connectivity index is 2.11. The van der Waals surface area contributed by atoms with Gasteiger partial charge in [0.15, 0.2) is 0 Å². The maximum atomic E-state index is 4.38. The van der Waals surface area contributed by atoms with E-state index < -0.39 is 0 Å². The summed E-state index contributed by atoms with van der Waals surface area (Å²) in [5.74, 6) is 0. The highest BCUT2D eigenvalue weighted by molar-refractivity contribution is 9.11. The zero-order valence-corrected chi connectivity index (χ0v) is 13.5. The molecule has 0 atom stereocenters. The van der Waals surface area contributed by atoms with Gasteiger partial charge in [0.05, 0.1) is 12.2 Å². The van der Waals surface area contributed by atoms with Gasteiger partial charge in [0, 0.05) is 20.8 Å². The highest BCUT2D eigenvalue weighted by atomic mass is 79.9. The van der Waals surface area contributed by atoms with Gasteiger partial charge in [-0.15, -0.1) is 0 Å². The molecule has 0 amide bonds. The van der Waals surface area contributed by atoms with Crippen molar-refractivity contribution in [1.29, 1.82) is 0 Å². The molecule has 0 unspecified atom stereocenters. The van der Waals surface area contributed by atoms with Crippen LogP contribution in [-0.4, -0.2) is 4.98 Å². The van der Waals surface area contributed by atoms with Crippen molar-refractivity contribution in [2.75, 3.05) is 5.32 Å². The first kappa shape index (κ1) is 13.6. The summed E-state index contributed by atoms with van der Waals surface area (Å²) in [6, 6.07) is 8.40. The van der Waals surface area contributed by atoms with Crippen molar-refractivity contribution >= 4 is 37.5 Å². The third-order valence-corrected chi connectivity index (χ3v) is 3.83. The number of hydrogen-bond donors (Lipinski definition) is 1. The van der Waals surface area contributed by atoms with Crippen LogP contribution >= 0.6 is 31.9 Å². The van der Waals surface area contributed by atoms with Gasteiger partial charge in [-0.05, 0) is 63.4 Å². The van der Waals surface area contributed by atoms with Crippen LogP contribution in [0.2, 0.25) is 0 Å². The number of benzene rings is 1. The van der Waals surface area contributed by atoms with Gasteiger partial charge in [-0.2, -0.15) is 0 Å². The lowest BCUT2D eigenvalue weighted by Crippen LogP contribution is -2.03. The van der Waals surface area contributed by atoms with E-state index >= 15 is 0 Å². The normalized spacial score (nSPS) is 10.4. The summed E-state index contributed by atoms with van der Waals surface area (Å²) in [6.07, 6.45) is 1.81. The van der Waals surface area contributed by atoms with Crippen LogP contribution < -0.4 is 5.32 Å². The predicted molar refractivity (Wildman–Crippen MR) is 82.9 cm³/mol. The minimum absolute atomic E-state index is 0.706. The summed E-state index contributed by atoms with van der Waals surface area (Å²) in [4.78, 5) is 4.38. The molecule has 0 radical (unpaired) electrons. The van der Waals surface area contributed by atoms with Crippen LogP contribution in [0.1, 0.15) is 16.8 Å². The van der Waals surface area contributed by atoms with Crippen molar-refractivity contribution in [3.63, 3.8) is 0 Å². The molecule has 0 saturated carbocycles. The zero-order chi connectivity index (χ0) is 13.1. The summed E-state index contributed by atoms with van der Waals surface area (Å²) in [6.45, 7) is 4.92. The summed E-state index contributed by atoms with van der Waals surface area (Å²) in [7, 11) is 0. The fraction of sp³-hybridized carbons (Fsp3) is 0.214. The number of pyridine rings is 1. The van der Waals surface area contributed by atoms with Gasteiger partial charge < -0.3 is 5.32 Å². The number of anilines is 1. The predicted octanol–water partition coefficient (Wildman–Crippen LogP) is 4.84. The molecule has 0 aliphatic rings. The Hall–Kier alpha value is -0.870. The molecule has 0 fully saturated rings. The lowest BCUT2D eigenvalue weighted by Gasteiger charge is -2.11. The topological polar surface area (TPSA) is 24.9 Å². The number of hydrogen-bond acceptors (Lipinski definition) is 2. The van der Waals surface area contributed by atoms with Gasteiger partial charge in [0.1, 0.15) is 0 Å². The molecule has 0 aliphatic carbocycles. The molecule has 1 aromatic heterocycles. The highest BCUT2D eigenvalue weighted by Gasteiger charge is 2.03. The lowest BCUT2D eigenvalue weighted by atomic mass is 10.1. The summed E-state index contributed by atoms with van der Waals surface area (Å²) >= 11 is 6.92. The van der Waals surface area contributed by atoms with E-state index in [1.54, 1.807) is 0 Å². The second kappa shape index (κ2) is 5.85. The zero-order valence-electron chi connectivity index (χ0n) is 10.3. The summed E-state index contributed by atoms with van der Waals surface area (Å²) in [5.41, 5.74) is 4.68. The van der Waals surface area contributed by atoms with Gasteiger partial charge in [0.25, 0.3) is 0 Å². The SMILES string of the molecule is Cc1ccc(NCc2ncc(Br)cc2Br)c(C)c1. The largest absolute Gasteiger partial charge is 0.379 e. The van der Waals surface area contributed by atoms with Crippen LogP contribution in [0, 0.1) is 13.8 Å². The van der Waals surface area contributed by atoms with E-state index in [4.69, 9.17) is 0 Å². The van der Waals surface area contributed by atoms with E-state index in [1.807, 2.05) is 12.3 Å². The molecule has 2 nitrogen and oxygen atoms in total. The van der Waals surface area contributed by atoms with E-state index in [1.165, 1.54) is 11.1 Å². The minimum Gasteiger partial charge on any atom is -0.379 e. The molecule has 1 N–H and O–H groups in total. The van der Waals surface area contributed by atoms with Crippen LogP contribution in [-0.2, 0) is 6.54 Å². The Morgan fingerprint density at radius 3 is 2.61 bits per heavy atom. The Morgan fingerprint density at radius 1 is 1.17 bits per heavy atom. The number of nitrogens with zero attached hydrogens (tertiary/aromatic N) is 1. The Labute approximate surface area is 124 Å². The van der Waals surface area contributed by atoms with E-state index in [0.717, 1.165) is 20.3 Å². The molecule has 0 saturated heterocycles. The molecule has 2 aromatic rings. The molecule has 0 aliphatic heterocycles. The van der Waals surface area contributed by atoms with Crippen LogP contribution in [0.4, 0.5) is 5.69 Å². The number of rotatable bonds is 3. The second-order valence-electron chi connectivity index (χ2n) is 4.25. The van der Waals surface area contributed by atoms with Crippen LogP contribution in [0.15, 0.2) is 39.4 Å². The fourth-order valence-corrected chi connectivity index (χ4v) is 2.89. The third-order valence-electron chi connectivity index (χ3n) is 2.71. The molecule has 0 spiro atoms. The maximum absolute atomic E-state index is 4.38. The third kappa shape index (κ3) is 3.33. The minimum atomic E-state index is 0.706. The Morgan fingerprint density at radius 2 is 1.94 bits per heavy atom. The first-order chi connectivity index (χ1) is 8.56. The fourth-order valence-electron chi connectivity index (χ4n) is 1.76. The van der Waals surface area contributed by atoms with E-state index in [0.29, 0.717) is 6.54 Å². The smallest absolute Gasteiger partial charge is 0.0737 e. The van der Waals surface area contributed by atoms with Crippen molar-refractivity contribution in [3.8, 4) is 0 Å². The van der Waals surface area contributed by atoms with Crippen molar-refractivity contribution in [2.24, 2.45) is 0 Å². The Bertz CT molecular complexity index is 516. The van der Waals surface area contributed by atoms with Gasteiger partial charge >= 0.3 is 0 Å². The number of aromatic nitrogens is 1. The van der Waals surface area contributed by atoms with Crippen LogP contribution in [0.5, 0.6) is 0 Å². The average molecular weight is 370 g/mol. The first-order valence-electron chi connectivity index (χ1n) is 5.67. The van der Waals surface area contributed by atoms with E-state index in [2.05, 4.69) is 74.2 Å². The van der Waals surface area contributed by atoms with Crippen LogP contribution in [0.25, 0.3) is 0 Å². The highest BCUT2D eigenvalue weighted by Crippen LogP contribution is 2.22. The molecule has 1 aromatic carbocycles. The molecule has 4 heteroatoms. The summed E-state index contributed by atoms with van der Waals surface area (Å²) in [5, 5.41) is 3.41. The van der Waals surface area contributed by atoms with Gasteiger partial charge in [-0.3, -0.25) is 4.98 Å². The standard InChI is InChI=1S/C14H14Br2N2/c1-9-3-4-13(10(2)5-9)18-8-14-12(16)6-11(15)7-17-14/h3-7,18H,8H2,1-2H3. The number of nitrogens with one attached hydrogen (secondary N) is 1. The molecule has 94 valence electrons. The quantitative estimate of drug-likeness (QED) is 0.837. The summed E-state index contributed by atoms with van der Waals surface area (Å²) < 4.78 is 1.98. The lowest BCUT2D eigenvalue weighted by molar-refractivity contribution is 1.02. The van der Waals surface area contributed by atoms with Crippen molar-refractivity contribution < 1.29 is 0 Å². The molecule has 0 bridgehead atoms.